The fraction of sp³-hybridized carbons (Fsp3) is 0.292. The highest BCUT2D eigenvalue weighted by molar-refractivity contribution is 5.85. The van der Waals surface area contributed by atoms with Crippen molar-refractivity contribution < 1.29 is 4.74 Å². The lowest BCUT2D eigenvalue weighted by Crippen LogP contribution is -2.45. The van der Waals surface area contributed by atoms with Gasteiger partial charge in [-0.2, -0.15) is 0 Å². The number of nitrogens with one attached hydrogen (secondary N) is 1. The normalized spacial score (nSPS) is 15.9. The highest BCUT2D eigenvalue weighted by atomic mass is 16.5. The van der Waals surface area contributed by atoms with Crippen LogP contribution in [-0.2, 0) is 13.1 Å². The van der Waals surface area contributed by atoms with Gasteiger partial charge in [-0.1, -0.05) is 42.5 Å². The second kappa shape index (κ2) is 7.85. The molecule has 1 saturated heterocycles. The molecule has 0 saturated carbocycles. The molecule has 5 heteroatoms. The summed E-state index contributed by atoms with van der Waals surface area (Å²) in [7, 11) is 1.69. The van der Waals surface area contributed by atoms with Crippen LogP contribution in [0.1, 0.15) is 11.4 Å². The first-order chi connectivity index (χ1) is 14.3. The molecule has 4 aromatic rings. The van der Waals surface area contributed by atoms with E-state index in [1.54, 1.807) is 7.11 Å². The Balaban J connectivity index is 1.21. The van der Waals surface area contributed by atoms with E-state index in [4.69, 9.17) is 9.72 Å². The molecule has 2 heterocycles. The second-order valence-corrected chi connectivity index (χ2v) is 7.76. The summed E-state index contributed by atoms with van der Waals surface area (Å²) in [4.78, 5) is 13.2. The number of hydrogen-bond donors (Lipinski definition) is 1. The zero-order valence-corrected chi connectivity index (χ0v) is 16.8. The molecule has 0 radical (unpaired) electrons. The lowest BCUT2D eigenvalue weighted by molar-refractivity contribution is 0.120. The Bertz CT molecular complexity index is 1120. The largest absolute Gasteiger partial charge is 0.497 e. The van der Waals surface area contributed by atoms with Crippen molar-refractivity contribution in [3.63, 3.8) is 0 Å². The third kappa shape index (κ3) is 3.84. The van der Waals surface area contributed by atoms with Crippen molar-refractivity contribution in [2.75, 3.05) is 33.3 Å². The first kappa shape index (κ1) is 18.2. The molecule has 1 aliphatic rings. The van der Waals surface area contributed by atoms with Crippen molar-refractivity contribution >= 4 is 21.8 Å². The number of methoxy groups -OCH3 is 1. The molecule has 0 unspecified atom stereocenters. The maximum Gasteiger partial charge on any atom is 0.121 e. The van der Waals surface area contributed by atoms with Crippen LogP contribution in [0.25, 0.3) is 21.8 Å². The van der Waals surface area contributed by atoms with E-state index in [0.29, 0.717) is 0 Å². The van der Waals surface area contributed by atoms with E-state index >= 15 is 0 Å². The fourth-order valence-corrected chi connectivity index (χ4v) is 4.23. The van der Waals surface area contributed by atoms with E-state index in [2.05, 4.69) is 57.2 Å². The van der Waals surface area contributed by atoms with E-state index in [-0.39, 0.29) is 0 Å². The van der Waals surface area contributed by atoms with E-state index in [1.807, 2.05) is 18.2 Å². The Hall–Kier alpha value is -2.89. The van der Waals surface area contributed by atoms with Crippen LogP contribution in [0.15, 0.2) is 60.7 Å². The molecule has 1 aromatic heterocycles. The summed E-state index contributed by atoms with van der Waals surface area (Å²) < 4.78 is 5.31. The Morgan fingerprint density at radius 1 is 0.897 bits per heavy atom. The first-order valence-corrected chi connectivity index (χ1v) is 10.2. The zero-order chi connectivity index (χ0) is 19.6. The van der Waals surface area contributed by atoms with Gasteiger partial charge in [0.15, 0.2) is 0 Å². The number of rotatable bonds is 5. The van der Waals surface area contributed by atoms with Gasteiger partial charge in [-0.05, 0) is 28.5 Å². The summed E-state index contributed by atoms with van der Waals surface area (Å²) in [6.07, 6.45) is 0. The van der Waals surface area contributed by atoms with Gasteiger partial charge in [-0.25, -0.2) is 4.98 Å². The van der Waals surface area contributed by atoms with Gasteiger partial charge in [0.05, 0.1) is 24.7 Å². The van der Waals surface area contributed by atoms with Crippen LogP contribution in [0, 0.1) is 0 Å². The maximum atomic E-state index is 5.31. The van der Waals surface area contributed by atoms with E-state index in [0.717, 1.165) is 61.9 Å². The van der Waals surface area contributed by atoms with Crippen molar-refractivity contribution in [3.05, 3.63) is 72.1 Å². The molecule has 1 fully saturated rings. The van der Waals surface area contributed by atoms with Gasteiger partial charge >= 0.3 is 0 Å². The van der Waals surface area contributed by atoms with Gasteiger partial charge in [0.2, 0.25) is 0 Å². The predicted molar refractivity (Wildman–Crippen MR) is 117 cm³/mol. The summed E-state index contributed by atoms with van der Waals surface area (Å²) in [5.41, 5.74) is 3.45. The number of ether oxygens (including phenoxy) is 1. The molecule has 0 amide bonds. The SMILES string of the molecule is COc1ccc2nc(CN3CCN(Cc4cccc5ccccc45)CC3)[nH]c2c1. The van der Waals surface area contributed by atoms with Crippen molar-refractivity contribution in [2.45, 2.75) is 13.1 Å². The van der Waals surface area contributed by atoms with E-state index in [1.165, 1.54) is 16.3 Å². The maximum absolute atomic E-state index is 5.31. The predicted octanol–water partition coefficient (Wildman–Crippen LogP) is 4.04. The molecular weight excluding hydrogens is 360 g/mol. The summed E-state index contributed by atoms with van der Waals surface area (Å²) in [5.74, 6) is 1.88. The molecule has 5 rings (SSSR count). The molecular formula is C24H26N4O. The Morgan fingerprint density at radius 3 is 2.48 bits per heavy atom. The Morgan fingerprint density at radius 2 is 1.66 bits per heavy atom. The van der Waals surface area contributed by atoms with Gasteiger partial charge in [0.25, 0.3) is 0 Å². The van der Waals surface area contributed by atoms with Crippen LogP contribution >= 0.6 is 0 Å². The number of benzene rings is 3. The number of aromatic nitrogens is 2. The van der Waals surface area contributed by atoms with Crippen LogP contribution in [0.4, 0.5) is 0 Å². The highest BCUT2D eigenvalue weighted by Crippen LogP contribution is 2.22. The zero-order valence-electron chi connectivity index (χ0n) is 16.8. The minimum Gasteiger partial charge on any atom is -0.497 e. The van der Waals surface area contributed by atoms with E-state index < -0.39 is 0 Å². The minimum atomic E-state index is 0.856. The van der Waals surface area contributed by atoms with Crippen LogP contribution in [-0.4, -0.2) is 53.1 Å². The number of imidazole rings is 1. The van der Waals surface area contributed by atoms with Crippen LogP contribution in [0.5, 0.6) is 5.75 Å². The van der Waals surface area contributed by atoms with Gasteiger partial charge < -0.3 is 9.72 Å². The van der Waals surface area contributed by atoms with E-state index in [9.17, 15) is 0 Å². The number of hydrogen-bond acceptors (Lipinski definition) is 4. The summed E-state index contributed by atoms with van der Waals surface area (Å²) in [5, 5.41) is 2.69. The van der Waals surface area contributed by atoms with Gasteiger partial charge in [-0.15, -0.1) is 0 Å². The average Bonchev–Trinajstić information content (AvgIpc) is 3.16. The Kier molecular flexibility index (Phi) is 4.92. The molecule has 0 aliphatic carbocycles. The van der Waals surface area contributed by atoms with Gasteiger partial charge in [0.1, 0.15) is 11.6 Å². The number of H-pyrrole nitrogens is 1. The minimum absolute atomic E-state index is 0.856. The summed E-state index contributed by atoms with van der Waals surface area (Å²) in [6, 6.07) is 21.3. The van der Waals surface area contributed by atoms with Crippen molar-refractivity contribution in [3.8, 4) is 5.75 Å². The standard InChI is InChI=1S/C24H26N4O/c1-29-20-9-10-22-23(15-20)26-24(25-22)17-28-13-11-27(12-14-28)16-19-7-4-6-18-5-2-3-8-21(18)19/h2-10,15H,11-14,16-17H2,1H3,(H,25,26). The summed E-state index contributed by atoms with van der Waals surface area (Å²) >= 11 is 0. The van der Waals surface area contributed by atoms with Crippen LogP contribution < -0.4 is 4.74 Å². The van der Waals surface area contributed by atoms with Crippen LogP contribution in [0.2, 0.25) is 0 Å². The van der Waals surface area contributed by atoms with Gasteiger partial charge in [-0.3, -0.25) is 9.80 Å². The van der Waals surface area contributed by atoms with Crippen LogP contribution in [0.3, 0.4) is 0 Å². The van der Waals surface area contributed by atoms with Crippen molar-refractivity contribution in [2.24, 2.45) is 0 Å². The molecule has 29 heavy (non-hydrogen) atoms. The monoisotopic (exact) mass is 386 g/mol. The molecule has 3 aromatic carbocycles. The second-order valence-electron chi connectivity index (χ2n) is 7.76. The number of piperazine rings is 1. The lowest BCUT2D eigenvalue weighted by atomic mass is 10.0. The molecule has 1 aliphatic heterocycles. The Labute approximate surface area is 170 Å². The van der Waals surface area contributed by atoms with Gasteiger partial charge in [0, 0.05) is 38.8 Å². The first-order valence-electron chi connectivity index (χ1n) is 10.2. The van der Waals surface area contributed by atoms with Crippen molar-refractivity contribution in [1.82, 2.24) is 19.8 Å². The fourth-order valence-electron chi connectivity index (χ4n) is 4.23. The highest BCUT2D eigenvalue weighted by Gasteiger charge is 2.19. The molecule has 0 bridgehead atoms. The topological polar surface area (TPSA) is 44.4 Å². The molecule has 0 spiro atoms. The molecule has 0 atom stereocenters. The lowest BCUT2D eigenvalue weighted by Gasteiger charge is -2.34. The smallest absolute Gasteiger partial charge is 0.121 e. The third-order valence-corrected chi connectivity index (χ3v) is 5.85. The molecule has 1 N–H and O–H groups in total. The number of nitrogens with zero attached hydrogens (tertiary/aromatic N) is 3. The summed E-state index contributed by atoms with van der Waals surface area (Å²) in [6.45, 7) is 6.16. The van der Waals surface area contributed by atoms with Crippen molar-refractivity contribution in [1.29, 1.82) is 0 Å². The quantitative estimate of drug-likeness (QED) is 0.562. The average molecular weight is 386 g/mol. The molecule has 5 nitrogen and oxygen atoms in total. The third-order valence-electron chi connectivity index (χ3n) is 5.85. The number of fused-ring (bicyclic) bond motifs is 2. The number of aromatic amines is 1. The molecule has 148 valence electrons.